The standard InChI is InChI=1S/C16H14N2O/c1-12-7-8-13-10-18(16(11-19)15(13)9-12)17-14-5-3-2-4-6-14/h2-11,17H,1H3. The van der Waals surface area contributed by atoms with Gasteiger partial charge in [0.05, 0.1) is 5.69 Å². The molecule has 3 rings (SSSR count). The van der Waals surface area contributed by atoms with Crippen molar-refractivity contribution < 1.29 is 4.79 Å². The Morgan fingerprint density at radius 3 is 2.63 bits per heavy atom. The molecule has 0 spiro atoms. The molecule has 3 nitrogen and oxygen atoms in total. The largest absolute Gasteiger partial charge is 0.296 e. The number of carbonyl (C=O) groups is 1. The molecule has 0 radical (unpaired) electrons. The number of hydrogen-bond acceptors (Lipinski definition) is 2. The van der Waals surface area contributed by atoms with Gasteiger partial charge in [-0.05, 0) is 25.1 Å². The molecular formula is C16H14N2O. The van der Waals surface area contributed by atoms with Crippen LogP contribution < -0.4 is 5.43 Å². The lowest BCUT2D eigenvalue weighted by molar-refractivity contribution is 0.111. The molecule has 2 aromatic carbocycles. The lowest BCUT2D eigenvalue weighted by atomic mass is 10.1. The van der Waals surface area contributed by atoms with E-state index < -0.39 is 0 Å². The van der Waals surface area contributed by atoms with Gasteiger partial charge in [-0.2, -0.15) is 0 Å². The lowest BCUT2D eigenvalue weighted by Crippen LogP contribution is -2.10. The minimum atomic E-state index is 0.641. The molecule has 3 aromatic rings. The van der Waals surface area contributed by atoms with Gasteiger partial charge in [0.2, 0.25) is 0 Å². The molecule has 3 heteroatoms. The maximum atomic E-state index is 11.3. The Kier molecular flexibility index (Phi) is 2.80. The van der Waals surface area contributed by atoms with Crippen LogP contribution in [0.2, 0.25) is 0 Å². The number of anilines is 1. The third-order valence-corrected chi connectivity index (χ3v) is 3.15. The zero-order valence-corrected chi connectivity index (χ0v) is 10.6. The van der Waals surface area contributed by atoms with Crippen LogP contribution in [0.4, 0.5) is 5.69 Å². The first kappa shape index (κ1) is 11.5. The zero-order valence-electron chi connectivity index (χ0n) is 10.6. The third-order valence-electron chi connectivity index (χ3n) is 3.15. The van der Waals surface area contributed by atoms with Crippen molar-refractivity contribution in [1.29, 1.82) is 0 Å². The van der Waals surface area contributed by atoms with E-state index in [4.69, 9.17) is 0 Å². The highest BCUT2D eigenvalue weighted by Crippen LogP contribution is 2.21. The van der Waals surface area contributed by atoms with Crippen LogP contribution in [0.5, 0.6) is 0 Å². The monoisotopic (exact) mass is 250 g/mol. The average molecular weight is 250 g/mol. The van der Waals surface area contributed by atoms with Crippen LogP contribution in [-0.2, 0) is 0 Å². The van der Waals surface area contributed by atoms with Crippen molar-refractivity contribution in [3.63, 3.8) is 0 Å². The summed E-state index contributed by atoms with van der Waals surface area (Å²) in [5.74, 6) is 0. The molecule has 0 unspecified atom stereocenters. The molecule has 0 saturated heterocycles. The van der Waals surface area contributed by atoms with Gasteiger partial charge in [-0.15, -0.1) is 0 Å². The molecule has 0 atom stereocenters. The van der Waals surface area contributed by atoms with Crippen LogP contribution in [0.25, 0.3) is 10.8 Å². The first-order valence-electron chi connectivity index (χ1n) is 6.17. The van der Waals surface area contributed by atoms with E-state index >= 15 is 0 Å². The Morgan fingerprint density at radius 1 is 1.11 bits per heavy atom. The quantitative estimate of drug-likeness (QED) is 0.720. The van der Waals surface area contributed by atoms with Gasteiger partial charge < -0.3 is 0 Å². The fourth-order valence-corrected chi connectivity index (χ4v) is 2.21. The summed E-state index contributed by atoms with van der Waals surface area (Å²) >= 11 is 0. The summed E-state index contributed by atoms with van der Waals surface area (Å²) in [5.41, 5.74) is 5.95. The molecular weight excluding hydrogens is 236 g/mol. The Bertz CT molecular complexity index is 729. The Hall–Kier alpha value is -2.55. The molecule has 1 N–H and O–H groups in total. The number of para-hydroxylation sites is 1. The third kappa shape index (κ3) is 2.10. The maximum Gasteiger partial charge on any atom is 0.169 e. The van der Waals surface area contributed by atoms with E-state index in [2.05, 4.69) is 5.43 Å². The average Bonchev–Trinajstić information content (AvgIpc) is 2.76. The van der Waals surface area contributed by atoms with Gasteiger partial charge in [-0.3, -0.25) is 14.9 Å². The molecule has 1 heterocycles. The van der Waals surface area contributed by atoms with Crippen LogP contribution in [0, 0.1) is 6.92 Å². The van der Waals surface area contributed by atoms with Gasteiger partial charge in [0.25, 0.3) is 0 Å². The molecule has 0 aliphatic heterocycles. The number of aromatic nitrogens is 1. The second-order valence-electron chi connectivity index (χ2n) is 4.57. The highest BCUT2D eigenvalue weighted by atomic mass is 16.1. The number of rotatable bonds is 3. The summed E-state index contributed by atoms with van der Waals surface area (Å²) in [4.78, 5) is 11.3. The van der Waals surface area contributed by atoms with Crippen LogP contribution in [0.3, 0.4) is 0 Å². The van der Waals surface area contributed by atoms with E-state index in [1.54, 1.807) is 4.68 Å². The first-order chi connectivity index (χ1) is 9.28. The minimum Gasteiger partial charge on any atom is -0.296 e. The van der Waals surface area contributed by atoms with Crippen LogP contribution in [0.1, 0.15) is 16.1 Å². The van der Waals surface area contributed by atoms with Gasteiger partial charge in [0.15, 0.2) is 6.29 Å². The zero-order chi connectivity index (χ0) is 13.2. The van der Waals surface area contributed by atoms with Gasteiger partial charge in [-0.1, -0.05) is 35.9 Å². The van der Waals surface area contributed by atoms with E-state index in [1.165, 1.54) is 0 Å². The number of aryl methyl sites for hydroxylation is 1. The topological polar surface area (TPSA) is 34.0 Å². The van der Waals surface area contributed by atoms with Crippen molar-refractivity contribution in [2.75, 3.05) is 5.43 Å². The Balaban J connectivity index is 2.11. The van der Waals surface area contributed by atoms with Crippen LogP contribution in [0.15, 0.2) is 54.7 Å². The second kappa shape index (κ2) is 4.61. The maximum absolute atomic E-state index is 11.3. The number of nitrogens with one attached hydrogen (secondary N) is 1. The summed E-state index contributed by atoms with van der Waals surface area (Å²) in [6.45, 7) is 2.02. The smallest absolute Gasteiger partial charge is 0.169 e. The van der Waals surface area contributed by atoms with Crippen molar-refractivity contribution in [2.45, 2.75) is 6.92 Å². The van der Waals surface area contributed by atoms with E-state index in [0.717, 1.165) is 28.3 Å². The first-order valence-corrected chi connectivity index (χ1v) is 6.17. The molecule has 94 valence electrons. The van der Waals surface area contributed by atoms with E-state index in [1.807, 2.05) is 61.7 Å². The Morgan fingerprint density at radius 2 is 1.89 bits per heavy atom. The van der Waals surface area contributed by atoms with Crippen molar-refractivity contribution in [1.82, 2.24) is 4.68 Å². The number of hydrogen-bond donors (Lipinski definition) is 1. The molecule has 0 saturated carbocycles. The van der Waals surface area contributed by atoms with Gasteiger partial charge in [-0.25, -0.2) is 0 Å². The van der Waals surface area contributed by atoms with E-state index in [0.29, 0.717) is 5.69 Å². The Labute approximate surface area is 111 Å². The van der Waals surface area contributed by atoms with Gasteiger partial charge in [0.1, 0.15) is 5.69 Å². The number of carbonyl (C=O) groups excluding carboxylic acids is 1. The summed E-state index contributed by atoms with van der Waals surface area (Å²) < 4.78 is 1.77. The highest BCUT2D eigenvalue weighted by molar-refractivity contribution is 5.98. The van der Waals surface area contributed by atoms with Crippen molar-refractivity contribution >= 4 is 22.7 Å². The summed E-state index contributed by atoms with van der Waals surface area (Å²) in [6, 6.07) is 15.9. The van der Waals surface area contributed by atoms with Crippen molar-refractivity contribution in [3.8, 4) is 0 Å². The molecule has 19 heavy (non-hydrogen) atoms. The minimum absolute atomic E-state index is 0.641. The SMILES string of the molecule is Cc1ccc2cn(Nc3ccccc3)c(C=O)c2c1. The number of fused-ring (bicyclic) bond motifs is 1. The molecule has 0 bridgehead atoms. The molecule has 1 aromatic heterocycles. The number of nitrogens with zero attached hydrogens (tertiary/aromatic N) is 1. The molecule has 0 aliphatic carbocycles. The van der Waals surface area contributed by atoms with Gasteiger partial charge >= 0.3 is 0 Å². The predicted molar refractivity (Wildman–Crippen MR) is 77.5 cm³/mol. The second-order valence-corrected chi connectivity index (χ2v) is 4.57. The highest BCUT2D eigenvalue weighted by Gasteiger charge is 2.08. The summed E-state index contributed by atoms with van der Waals surface area (Å²) in [6.07, 6.45) is 2.82. The number of benzene rings is 2. The van der Waals surface area contributed by atoms with Gasteiger partial charge in [0, 0.05) is 17.0 Å². The van der Waals surface area contributed by atoms with Crippen LogP contribution >= 0.6 is 0 Å². The lowest BCUT2D eigenvalue weighted by Gasteiger charge is -2.08. The van der Waals surface area contributed by atoms with Crippen LogP contribution in [-0.4, -0.2) is 11.0 Å². The predicted octanol–water partition coefficient (Wildman–Crippen LogP) is 3.64. The molecule has 0 aliphatic rings. The van der Waals surface area contributed by atoms with E-state index in [9.17, 15) is 4.79 Å². The fraction of sp³-hybridized carbons (Fsp3) is 0.0625. The fourth-order valence-electron chi connectivity index (χ4n) is 2.21. The molecule has 0 amide bonds. The van der Waals surface area contributed by atoms with Crippen molar-refractivity contribution in [3.05, 3.63) is 66.0 Å². The summed E-state index contributed by atoms with van der Waals surface area (Å²) in [5, 5.41) is 2.02. The molecule has 0 fully saturated rings. The summed E-state index contributed by atoms with van der Waals surface area (Å²) in [7, 11) is 0. The normalized spacial score (nSPS) is 10.6. The number of aldehydes is 1. The van der Waals surface area contributed by atoms with E-state index in [-0.39, 0.29) is 0 Å². The van der Waals surface area contributed by atoms with Crippen molar-refractivity contribution in [2.24, 2.45) is 0 Å².